The van der Waals surface area contributed by atoms with Gasteiger partial charge in [-0.15, -0.1) is 0 Å². The molecule has 1 aliphatic heterocycles. The van der Waals surface area contributed by atoms with Crippen LogP contribution in [0.15, 0.2) is 66.4 Å². The van der Waals surface area contributed by atoms with Gasteiger partial charge in [-0.3, -0.25) is 4.79 Å². The molecule has 0 bridgehead atoms. The van der Waals surface area contributed by atoms with Crippen LogP contribution in [0.25, 0.3) is 6.08 Å². The molecule has 1 aliphatic rings. The van der Waals surface area contributed by atoms with Crippen molar-refractivity contribution in [1.29, 1.82) is 0 Å². The second-order valence-corrected chi connectivity index (χ2v) is 7.37. The minimum atomic E-state index is -0.196. The van der Waals surface area contributed by atoms with Crippen LogP contribution in [0.3, 0.4) is 0 Å². The lowest BCUT2D eigenvalue weighted by molar-refractivity contribution is 0.101. The van der Waals surface area contributed by atoms with E-state index in [1.165, 1.54) is 0 Å². The zero-order valence-corrected chi connectivity index (χ0v) is 16.7. The maximum atomic E-state index is 12.6. The number of fused-ring (bicyclic) bond motifs is 1. The van der Waals surface area contributed by atoms with Gasteiger partial charge in [-0.25, -0.2) is 0 Å². The number of ketones is 1. The molecule has 4 rings (SSSR count). The van der Waals surface area contributed by atoms with Gasteiger partial charge in [0.2, 0.25) is 5.78 Å². The van der Waals surface area contributed by atoms with Gasteiger partial charge < -0.3 is 9.47 Å². The van der Waals surface area contributed by atoms with Crippen LogP contribution in [0.2, 0.25) is 15.1 Å². The van der Waals surface area contributed by atoms with Crippen LogP contribution >= 0.6 is 34.8 Å². The summed E-state index contributed by atoms with van der Waals surface area (Å²) < 4.78 is 11.5. The number of carbonyl (C=O) groups is 1. The Balaban J connectivity index is 1.53. The standard InChI is InChI=1S/C22H13Cl3O3/c23-17-4-2-1-3-14(17)12-27-15-6-7-16-20(11-15)28-21(22(16)26)10-13-5-8-18(24)19(25)9-13/h1-11H,12H2. The minimum Gasteiger partial charge on any atom is -0.489 e. The molecule has 0 N–H and O–H groups in total. The number of halogens is 3. The topological polar surface area (TPSA) is 35.5 Å². The monoisotopic (exact) mass is 430 g/mol. The van der Waals surface area contributed by atoms with Crippen molar-refractivity contribution in [2.45, 2.75) is 6.61 Å². The predicted molar refractivity (Wildman–Crippen MR) is 112 cm³/mol. The average Bonchev–Trinajstić information content (AvgIpc) is 2.99. The highest BCUT2D eigenvalue weighted by Gasteiger charge is 2.27. The number of ether oxygens (including phenoxy) is 2. The molecule has 28 heavy (non-hydrogen) atoms. The van der Waals surface area contributed by atoms with Crippen LogP contribution in [0.1, 0.15) is 21.5 Å². The van der Waals surface area contributed by atoms with E-state index in [-0.39, 0.29) is 11.5 Å². The molecule has 3 aromatic rings. The summed E-state index contributed by atoms with van der Waals surface area (Å²) >= 11 is 18.1. The van der Waals surface area contributed by atoms with Crippen molar-refractivity contribution in [3.8, 4) is 11.5 Å². The molecule has 3 aromatic carbocycles. The van der Waals surface area contributed by atoms with Gasteiger partial charge in [0.15, 0.2) is 5.76 Å². The van der Waals surface area contributed by atoms with Crippen molar-refractivity contribution in [3.05, 3.63) is 98.2 Å². The highest BCUT2D eigenvalue weighted by atomic mass is 35.5. The maximum Gasteiger partial charge on any atom is 0.231 e. The van der Waals surface area contributed by atoms with Crippen molar-refractivity contribution < 1.29 is 14.3 Å². The number of Topliss-reactive ketones (excluding diaryl/α,β-unsaturated/α-hetero) is 1. The molecule has 0 aliphatic carbocycles. The summed E-state index contributed by atoms with van der Waals surface area (Å²) in [5, 5.41) is 1.50. The number of benzene rings is 3. The fraction of sp³-hybridized carbons (Fsp3) is 0.0455. The van der Waals surface area contributed by atoms with Gasteiger partial charge in [-0.2, -0.15) is 0 Å². The summed E-state index contributed by atoms with van der Waals surface area (Å²) in [5.74, 6) is 1.06. The molecular formula is C22H13Cl3O3. The third-order valence-corrected chi connectivity index (χ3v) is 5.34. The van der Waals surface area contributed by atoms with E-state index < -0.39 is 0 Å². The number of allylic oxidation sites excluding steroid dienone is 1. The average molecular weight is 432 g/mol. The summed E-state index contributed by atoms with van der Waals surface area (Å²) in [5.41, 5.74) is 2.08. The lowest BCUT2D eigenvalue weighted by Gasteiger charge is -2.08. The van der Waals surface area contributed by atoms with E-state index in [2.05, 4.69) is 0 Å². The Hall–Kier alpha value is -2.46. The maximum absolute atomic E-state index is 12.6. The van der Waals surface area contributed by atoms with Gasteiger partial charge in [-0.1, -0.05) is 59.1 Å². The molecule has 0 unspecified atom stereocenters. The number of carbonyl (C=O) groups excluding carboxylic acids is 1. The van der Waals surface area contributed by atoms with Crippen molar-refractivity contribution in [2.75, 3.05) is 0 Å². The molecule has 140 valence electrons. The Labute approximate surface area is 177 Å². The minimum absolute atomic E-state index is 0.196. The second kappa shape index (κ2) is 7.88. The number of hydrogen-bond donors (Lipinski definition) is 0. The third-order valence-electron chi connectivity index (χ3n) is 4.24. The van der Waals surface area contributed by atoms with Crippen molar-refractivity contribution in [1.82, 2.24) is 0 Å². The third kappa shape index (κ3) is 3.88. The van der Waals surface area contributed by atoms with Crippen LogP contribution in [0.4, 0.5) is 0 Å². The molecule has 0 saturated carbocycles. The normalized spacial score (nSPS) is 14.1. The molecule has 0 fully saturated rings. The highest BCUT2D eigenvalue weighted by Crippen LogP contribution is 2.35. The van der Waals surface area contributed by atoms with E-state index in [4.69, 9.17) is 44.3 Å². The second-order valence-electron chi connectivity index (χ2n) is 6.15. The Morgan fingerprint density at radius 2 is 1.71 bits per heavy atom. The van der Waals surface area contributed by atoms with Crippen LogP contribution in [0.5, 0.6) is 11.5 Å². The molecule has 0 atom stereocenters. The van der Waals surface area contributed by atoms with Crippen molar-refractivity contribution in [2.24, 2.45) is 0 Å². The molecular weight excluding hydrogens is 419 g/mol. The predicted octanol–water partition coefficient (Wildman–Crippen LogP) is 6.84. The molecule has 0 saturated heterocycles. The molecule has 0 amide bonds. The van der Waals surface area contributed by atoms with Gasteiger partial charge in [0.1, 0.15) is 18.1 Å². The fourth-order valence-electron chi connectivity index (χ4n) is 2.79. The first-order valence-corrected chi connectivity index (χ1v) is 9.54. The van der Waals surface area contributed by atoms with E-state index in [0.717, 1.165) is 11.1 Å². The fourth-order valence-corrected chi connectivity index (χ4v) is 3.28. The van der Waals surface area contributed by atoms with Gasteiger partial charge in [0.25, 0.3) is 0 Å². The Morgan fingerprint density at radius 3 is 2.50 bits per heavy atom. The summed E-state index contributed by atoms with van der Waals surface area (Å²) in [7, 11) is 0. The molecule has 0 aromatic heterocycles. The smallest absolute Gasteiger partial charge is 0.231 e. The quantitative estimate of drug-likeness (QED) is 0.424. The van der Waals surface area contributed by atoms with E-state index in [1.54, 1.807) is 42.5 Å². The first-order chi connectivity index (χ1) is 13.5. The van der Waals surface area contributed by atoms with E-state index in [9.17, 15) is 4.79 Å². The van der Waals surface area contributed by atoms with Gasteiger partial charge in [0.05, 0.1) is 15.6 Å². The summed E-state index contributed by atoms with van der Waals surface area (Å²) in [6.45, 7) is 0.318. The van der Waals surface area contributed by atoms with Crippen LogP contribution in [-0.4, -0.2) is 5.78 Å². The molecule has 3 nitrogen and oxygen atoms in total. The van der Waals surface area contributed by atoms with E-state index >= 15 is 0 Å². The molecule has 0 radical (unpaired) electrons. The lowest BCUT2D eigenvalue weighted by Crippen LogP contribution is -1.98. The van der Waals surface area contributed by atoms with Gasteiger partial charge in [-0.05, 0) is 42.0 Å². The SMILES string of the molecule is O=C1C(=Cc2ccc(Cl)c(Cl)c2)Oc2cc(OCc3ccccc3Cl)ccc21. The van der Waals surface area contributed by atoms with Gasteiger partial charge >= 0.3 is 0 Å². The zero-order valence-electron chi connectivity index (χ0n) is 14.4. The summed E-state index contributed by atoms with van der Waals surface area (Å²) in [4.78, 5) is 12.6. The number of rotatable bonds is 4. The van der Waals surface area contributed by atoms with Crippen molar-refractivity contribution >= 4 is 46.7 Å². The largest absolute Gasteiger partial charge is 0.489 e. The highest BCUT2D eigenvalue weighted by molar-refractivity contribution is 6.42. The van der Waals surface area contributed by atoms with Crippen molar-refractivity contribution in [3.63, 3.8) is 0 Å². The van der Waals surface area contributed by atoms with E-state index in [1.807, 2.05) is 24.3 Å². The Morgan fingerprint density at radius 1 is 0.893 bits per heavy atom. The molecule has 0 spiro atoms. The molecule has 6 heteroatoms. The van der Waals surface area contributed by atoms with Crippen LogP contribution in [0, 0.1) is 0 Å². The lowest BCUT2D eigenvalue weighted by atomic mass is 10.1. The summed E-state index contributed by atoms with van der Waals surface area (Å²) in [6.07, 6.45) is 1.63. The Bertz CT molecular complexity index is 1110. The zero-order chi connectivity index (χ0) is 19.7. The Kier molecular flexibility index (Phi) is 5.31. The van der Waals surface area contributed by atoms with Crippen LogP contribution < -0.4 is 9.47 Å². The number of hydrogen-bond acceptors (Lipinski definition) is 3. The summed E-state index contributed by atoms with van der Waals surface area (Å²) in [6, 6.07) is 17.7. The first-order valence-electron chi connectivity index (χ1n) is 8.41. The first kappa shape index (κ1) is 18.9. The van der Waals surface area contributed by atoms with E-state index in [0.29, 0.717) is 38.7 Å². The van der Waals surface area contributed by atoms with Crippen LogP contribution in [-0.2, 0) is 6.61 Å². The molecule has 1 heterocycles. The van der Waals surface area contributed by atoms with Gasteiger partial charge in [0, 0.05) is 16.7 Å².